The molecular formula is C12H14O. The highest BCUT2D eigenvalue weighted by Gasteiger charge is 2.12. The third kappa shape index (κ3) is 2.59. The SMILES string of the molecule is C=C=C[C@H](C)[C@H](O)c1ccccc1. The molecule has 68 valence electrons. The van der Waals surface area contributed by atoms with E-state index in [9.17, 15) is 5.11 Å². The van der Waals surface area contributed by atoms with Crippen molar-refractivity contribution < 1.29 is 5.11 Å². The fraction of sp³-hybridized carbons (Fsp3) is 0.250. The van der Waals surface area contributed by atoms with E-state index in [4.69, 9.17) is 0 Å². The predicted octanol–water partition coefficient (Wildman–Crippen LogP) is 2.70. The van der Waals surface area contributed by atoms with Gasteiger partial charge in [0.1, 0.15) is 0 Å². The van der Waals surface area contributed by atoms with E-state index < -0.39 is 6.10 Å². The van der Waals surface area contributed by atoms with Gasteiger partial charge in [-0.05, 0) is 11.6 Å². The number of aliphatic hydroxyl groups is 1. The van der Waals surface area contributed by atoms with Gasteiger partial charge in [-0.3, -0.25) is 0 Å². The number of hydrogen-bond donors (Lipinski definition) is 1. The van der Waals surface area contributed by atoms with Crippen molar-refractivity contribution in [3.63, 3.8) is 0 Å². The van der Waals surface area contributed by atoms with Gasteiger partial charge in [0.15, 0.2) is 0 Å². The van der Waals surface area contributed by atoms with E-state index in [1.165, 1.54) is 0 Å². The normalized spacial score (nSPS) is 14.3. The Morgan fingerprint density at radius 3 is 2.54 bits per heavy atom. The van der Waals surface area contributed by atoms with Crippen LogP contribution in [-0.4, -0.2) is 5.11 Å². The largest absolute Gasteiger partial charge is 0.388 e. The van der Waals surface area contributed by atoms with Gasteiger partial charge in [-0.2, -0.15) is 0 Å². The van der Waals surface area contributed by atoms with Gasteiger partial charge in [0.25, 0.3) is 0 Å². The molecule has 1 heteroatoms. The van der Waals surface area contributed by atoms with Gasteiger partial charge >= 0.3 is 0 Å². The summed E-state index contributed by atoms with van der Waals surface area (Å²) in [5, 5.41) is 9.82. The smallest absolute Gasteiger partial charge is 0.0856 e. The van der Waals surface area contributed by atoms with Crippen molar-refractivity contribution in [3.05, 3.63) is 54.3 Å². The Balaban J connectivity index is 2.79. The summed E-state index contributed by atoms with van der Waals surface area (Å²) >= 11 is 0. The third-order valence-electron chi connectivity index (χ3n) is 2.02. The van der Waals surface area contributed by atoms with Crippen LogP contribution in [0.5, 0.6) is 0 Å². The van der Waals surface area contributed by atoms with E-state index in [2.05, 4.69) is 12.3 Å². The van der Waals surface area contributed by atoms with Crippen LogP contribution in [0.2, 0.25) is 0 Å². The van der Waals surface area contributed by atoms with Gasteiger partial charge in [-0.1, -0.05) is 43.8 Å². The maximum absolute atomic E-state index is 9.82. The van der Waals surface area contributed by atoms with Gasteiger partial charge in [0, 0.05) is 5.92 Å². The lowest BCUT2D eigenvalue weighted by Crippen LogP contribution is -2.05. The molecule has 0 fully saturated rings. The van der Waals surface area contributed by atoms with E-state index in [-0.39, 0.29) is 5.92 Å². The Morgan fingerprint density at radius 1 is 1.38 bits per heavy atom. The molecule has 1 aromatic carbocycles. The summed E-state index contributed by atoms with van der Waals surface area (Å²) in [4.78, 5) is 0. The topological polar surface area (TPSA) is 20.2 Å². The average molecular weight is 174 g/mol. The molecule has 2 atom stereocenters. The Morgan fingerprint density at radius 2 is 2.00 bits per heavy atom. The molecule has 0 aliphatic rings. The van der Waals surface area contributed by atoms with Crippen LogP contribution in [0.1, 0.15) is 18.6 Å². The van der Waals surface area contributed by atoms with Crippen LogP contribution >= 0.6 is 0 Å². The molecule has 0 unspecified atom stereocenters. The fourth-order valence-electron chi connectivity index (χ4n) is 1.23. The molecule has 1 nitrogen and oxygen atoms in total. The second kappa shape index (κ2) is 4.66. The van der Waals surface area contributed by atoms with Crippen molar-refractivity contribution in [2.45, 2.75) is 13.0 Å². The lowest BCUT2D eigenvalue weighted by Gasteiger charge is -2.14. The van der Waals surface area contributed by atoms with Crippen LogP contribution in [0.25, 0.3) is 0 Å². The summed E-state index contributed by atoms with van der Waals surface area (Å²) in [5.74, 6) is 0.0555. The second-order valence-electron chi connectivity index (χ2n) is 3.09. The minimum absolute atomic E-state index is 0.0555. The molecule has 0 heterocycles. The van der Waals surface area contributed by atoms with Crippen LogP contribution in [-0.2, 0) is 0 Å². The van der Waals surface area contributed by atoms with Crippen molar-refractivity contribution in [2.24, 2.45) is 5.92 Å². The van der Waals surface area contributed by atoms with Crippen LogP contribution in [0.4, 0.5) is 0 Å². The summed E-state index contributed by atoms with van der Waals surface area (Å²) in [6.45, 7) is 5.43. The van der Waals surface area contributed by atoms with E-state index in [0.29, 0.717) is 0 Å². The first-order chi connectivity index (χ1) is 6.25. The lowest BCUT2D eigenvalue weighted by molar-refractivity contribution is 0.140. The summed E-state index contributed by atoms with van der Waals surface area (Å²) in [6, 6.07) is 9.60. The van der Waals surface area contributed by atoms with Gasteiger partial charge in [-0.25, -0.2) is 0 Å². The second-order valence-corrected chi connectivity index (χ2v) is 3.09. The molecule has 0 amide bonds. The van der Waals surface area contributed by atoms with Crippen LogP contribution in [0, 0.1) is 5.92 Å². The molecule has 0 aromatic heterocycles. The molecule has 0 saturated carbocycles. The van der Waals surface area contributed by atoms with Crippen molar-refractivity contribution in [2.75, 3.05) is 0 Å². The molecule has 1 aromatic rings. The average Bonchev–Trinajstić information content (AvgIpc) is 2.18. The number of rotatable bonds is 3. The Kier molecular flexibility index (Phi) is 3.51. The third-order valence-corrected chi connectivity index (χ3v) is 2.02. The first-order valence-corrected chi connectivity index (χ1v) is 4.34. The van der Waals surface area contributed by atoms with E-state index >= 15 is 0 Å². The highest BCUT2D eigenvalue weighted by molar-refractivity contribution is 5.18. The summed E-state index contributed by atoms with van der Waals surface area (Å²) in [6.07, 6.45) is 1.31. The number of aliphatic hydroxyl groups excluding tert-OH is 1. The highest BCUT2D eigenvalue weighted by atomic mass is 16.3. The maximum Gasteiger partial charge on any atom is 0.0856 e. The minimum atomic E-state index is -0.463. The molecular weight excluding hydrogens is 160 g/mol. The van der Waals surface area contributed by atoms with Crippen molar-refractivity contribution in [1.29, 1.82) is 0 Å². The lowest BCUT2D eigenvalue weighted by atomic mass is 9.98. The van der Waals surface area contributed by atoms with Crippen molar-refractivity contribution in [3.8, 4) is 0 Å². The summed E-state index contributed by atoms with van der Waals surface area (Å²) in [7, 11) is 0. The summed E-state index contributed by atoms with van der Waals surface area (Å²) < 4.78 is 0. The maximum atomic E-state index is 9.82. The monoisotopic (exact) mass is 174 g/mol. The van der Waals surface area contributed by atoms with Gasteiger partial charge < -0.3 is 5.11 Å². The zero-order valence-corrected chi connectivity index (χ0v) is 7.77. The molecule has 1 N–H and O–H groups in total. The van der Waals surface area contributed by atoms with Gasteiger partial charge in [0.2, 0.25) is 0 Å². The molecule has 0 saturated heterocycles. The first-order valence-electron chi connectivity index (χ1n) is 4.34. The molecule has 0 aliphatic carbocycles. The Labute approximate surface area is 79.0 Å². The zero-order chi connectivity index (χ0) is 9.68. The van der Waals surface area contributed by atoms with E-state index in [1.54, 1.807) is 6.08 Å². The molecule has 1 rings (SSSR count). The zero-order valence-electron chi connectivity index (χ0n) is 7.77. The molecule has 0 spiro atoms. The highest BCUT2D eigenvalue weighted by Crippen LogP contribution is 2.21. The van der Waals surface area contributed by atoms with Crippen LogP contribution in [0.15, 0.2) is 48.7 Å². The van der Waals surface area contributed by atoms with Crippen LogP contribution < -0.4 is 0 Å². The van der Waals surface area contributed by atoms with Gasteiger partial charge in [-0.15, -0.1) is 5.73 Å². The predicted molar refractivity (Wildman–Crippen MR) is 54.3 cm³/mol. The quantitative estimate of drug-likeness (QED) is 0.698. The minimum Gasteiger partial charge on any atom is -0.388 e. The van der Waals surface area contributed by atoms with Gasteiger partial charge in [0.05, 0.1) is 6.10 Å². The molecule has 13 heavy (non-hydrogen) atoms. The fourth-order valence-corrected chi connectivity index (χ4v) is 1.23. The number of hydrogen-bond acceptors (Lipinski definition) is 1. The van der Waals surface area contributed by atoms with E-state index in [1.807, 2.05) is 37.3 Å². The van der Waals surface area contributed by atoms with E-state index in [0.717, 1.165) is 5.56 Å². The van der Waals surface area contributed by atoms with Crippen LogP contribution in [0.3, 0.4) is 0 Å². The molecule has 0 aliphatic heterocycles. The Hall–Kier alpha value is -1.30. The van der Waals surface area contributed by atoms with Crippen molar-refractivity contribution >= 4 is 0 Å². The molecule has 0 bridgehead atoms. The molecule has 0 radical (unpaired) electrons. The first kappa shape index (κ1) is 9.79. The van der Waals surface area contributed by atoms with Crippen molar-refractivity contribution in [1.82, 2.24) is 0 Å². The standard InChI is InChI=1S/C12H14O/c1-3-7-10(2)12(13)11-8-5-4-6-9-11/h4-10,12-13H,1H2,2H3/t10-,12-/m0/s1. The summed E-state index contributed by atoms with van der Waals surface area (Å²) in [5.41, 5.74) is 3.62. The Bertz CT molecular complexity index is 296. The number of benzene rings is 1.